The largest absolute Gasteiger partial charge is 0.353 e. The summed E-state index contributed by atoms with van der Waals surface area (Å²) in [5, 5.41) is 6.86. The van der Waals surface area contributed by atoms with E-state index in [1.54, 1.807) is 16.7 Å². The lowest BCUT2D eigenvalue weighted by Gasteiger charge is -2.16. The normalized spacial score (nSPS) is 15.7. The minimum atomic E-state index is -0.185. The number of fused-ring (bicyclic) bond motifs is 2. The Balaban J connectivity index is 1.88. The topological polar surface area (TPSA) is 89.6 Å². The monoisotopic (exact) mass is 394 g/mol. The van der Waals surface area contributed by atoms with Crippen molar-refractivity contribution in [3.8, 4) is 0 Å². The van der Waals surface area contributed by atoms with E-state index < -0.39 is 0 Å². The molecule has 4 rings (SSSR count). The second kappa shape index (κ2) is 7.81. The number of H-pyrrole nitrogens is 1. The number of rotatable bonds is 5. The van der Waals surface area contributed by atoms with Gasteiger partial charge < -0.3 is 10.6 Å². The van der Waals surface area contributed by atoms with Crippen molar-refractivity contribution in [3.63, 3.8) is 0 Å². The number of pyridine rings is 2. The Labute approximate surface area is 169 Å². The number of nitrogens with one attached hydrogen (secondary N) is 3. The predicted molar refractivity (Wildman–Crippen MR) is 113 cm³/mol. The van der Waals surface area contributed by atoms with E-state index in [0.29, 0.717) is 28.1 Å². The summed E-state index contributed by atoms with van der Waals surface area (Å²) < 4.78 is 1.57. The van der Waals surface area contributed by atoms with Gasteiger partial charge in [0, 0.05) is 17.6 Å². The van der Waals surface area contributed by atoms with Crippen molar-refractivity contribution in [1.29, 1.82) is 0 Å². The van der Waals surface area contributed by atoms with Crippen LogP contribution < -0.4 is 21.2 Å². The highest BCUT2D eigenvalue weighted by atomic mass is 16.2. The second-order valence-electron chi connectivity index (χ2n) is 8.03. The number of anilines is 1. The van der Waals surface area contributed by atoms with E-state index >= 15 is 0 Å². The van der Waals surface area contributed by atoms with Gasteiger partial charge in [-0.05, 0) is 51.3 Å². The van der Waals surface area contributed by atoms with Gasteiger partial charge in [-0.3, -0.25) is 4.79 Å². The maximum atomic E-state index is 13.1. The molecule has 0 aliphatic heterocycles. The summed E-state index contributed by atoms with van der Waals surface area (Å²) in [6.45, 7) is 6.07. The summed E-state index contributed by atoms with van der Waals surface area (Å²) in [6, 6.07) is 5.80. The molecular formula is C22H28N5O2+. The fraction of sp³-hybridized carbons (Fsp3) is 0.455. The number of hydrogen-bond acceptors (Lipinski definition) is 4. The molecule has 0 aromatic carbocycles. The SMILES string of the molecule is CC[C@@H](C)Nc1nc2[nH+]c3c(C)cccn3c(=O)c2cc1C(=O)NC1CCCC1. The number of aromatic amines is 1. The van der Waals surface area contributed by atoms with Gasteiger partial charge in [0.05, 0.1) is 6.20 Å². The Morgan fingerprint density at radius 1 is 1.38 bits per heavy atom. The molecule has 152 valence electrons. The van der Waals surface area contributed by atoms with Crippen LogP contribution in [0.15, 0.2) is 29.2 Å². The number of carbonyl (C=O) groups excluding carboxylic acids is 1. The van der Waals surface area contributed by atoms with Gasteiger partial charge in [0.1, 0.15) is 10.9 Å². The van der Waals surface area contributed by atoms with Crippen LogP contribution in [0.4, 0.5) is 5.82 Å². The zero-order chi connectivity index (χ0) is 20.5. The van der Waals surface area contributed by atoms with Crippen LogP contribution in [0.1, 0.15) is 61.9 Å². The molecule has 1 saturated carbocycles. The highest BCUT2D eigenvalue weighted by Gasteiger charge is 2.25. The minimum absolute atomic E-state index is 0.154. The fourth-order valence-corrected chi connectivity index (χ4v) is 3.91. The Morgan fingerprint density at radius 2 is 2.14 bits per heavy atom. The summed E-state index contributed by atoms with van der Waals surface area (Å²) in [4.78, 5) is 34.1. The molecule has 3 N–H and O–H groups in total. The predicted octanol–water partition coefficient (Wildman–Crippen LogP) is 2.85. The Kier molecular flexibility index (Phi) is 5.22. The summed E-state index contributed by atoms with van der Waals surface area (Å²) in [7, 11) is 0. The molecule has 1 amide bonds. The summed E-state index contributed by atoms with van der Waals surface area (Å²) in [5.41, 5.74) is 2.37. The van der Waals surface area contributed by atoms with Gasteiger partial charge >= 0.3 is 5.56 Å². The molecule has 1 atom stereocenters. The van der Waals surface area contributed by atoms with Crippen LogP contribution in [0, 0.1) is 6.92 Å². The van der Waals surface area contributed by atoms with Crippen LogP contribution in [0.5, 0.6) is 0 Å². The fourth-order valence-electron chi connectivity index (χ4n) is 3.91. The molecule has 7 nitrogen and oxygen atoms in total. The van der Waals surface area contributed by atoms with Crippen molar-refractivity contribution in [2.75, 3.05) is 5.32 Å². The first-order valence-electron chi connectivity index (χ1n) is 10.4. The maximum absolute atomic E-state index is 13.1. The zero-order valence-corrected chi connectivity index (χ0v) is 17.2. The minimum Gasteiger partial charge on any atom is -0.353 e. The lowest BCUT2D eigenvalue weighted by molar-refractivity contribution is -0.319. The van der Waals surface area contributed by atoms with E-state index in [2.05, 4.69) is 27.5 Å². The van der Waals surface area contributed by atoms with Crippen LogP contribution in [0.25, 0.3) is 16.7 Å². The summed E-state index contributed by atoms with van der Waals surface area (Å²) in [6.07, 6.45) is 6.90. The molecule has 29 heavy (non-hydrogen) atoms. The van der Waals surface area contributed by atoms with Crippen LogP contribution >= 0.6 is 0 Å². The highest BCUT2D eigenvalue weighted by Crippen LogP contribution is 2.22. The van der Waals surface area contributed by atoms with Gasteiger partial charge in [0.25, 0.3) is 11.6 Å². The Hall–Kier alpha value is -2.96. The lowest BCUT2D eigenvalue weighted by Crippen LogP contribution is -2.34. The molecule has 0 saturated heterocycles. The van der Waals surface area contributed by atoms with Gasteiger partial charge in [-0.15, -0.1) is 0 Å². The van der Waals surface area contributed by atoms with Gasteiger partial charge in [0.15, 0.2) is 0 Å². The number of amides is 1. The molecule has 0 radical (unpaired) electrons. The van der Waals surface area contributed by atoms with E-state index in [0.717, 1.165) is 37.7 Å². The van der Waals surface area contributed by atoms with Crippen molar-refractivity contribution >= 4 is 28.4 Å². The number of nitrogens with zero attached hydrogens (tertiary/aromatic N) is 2. The molecular weight excluding hydrogens is 366 g/mol. The molecule has 1 fully saturated rings. The molecule has 0 spiro atoms. The third-order valence-corrected chi connectivity index (χ3v) is 5.83. The van der Waals surface area contributed by atoms with E-state index in [1.165, 1.54) is 0 Å². The van der Waals surface area contributed by atoms with Crippen LogP contribution in [0.2, 0.25) is 0 Å². The van der Waals surface area contributed by atoms with Gasteiger partial charge in [-0.25, -0.2) is 9.78 Å². The Bertz CT molecular complexity index is 1130. The molecule has 3 aromatic rings. The summed E-state index contributed by atoms with van der Waals surface area (Å²) in [5.74, 6) is 0.335. The maximum Gasteiger partial charge on any atom is 0.325 e. The van der Waals surface area contributed by atoms with Gasteiger partial charge in [-0.2, -0.15) is 4.40 Å². The highest BCUT2D eigenvalue weighted by molar-refractivity contribution is 6.01. The second-order valence-corrected chi connectivity index (χ2v) is 8.03. The molecule has 7 heteroatoms. The Morgan fingerprint density at radius 3 is 2.86 bits per heavy atom. The lowest BCUT2D eigenvalue weighted by atomic mass is 10.1. The molecule has 3 aromatic heterocycles. The van der Waals surface area contributed by atoms with Crippen LogP contribution in [0.3, 0.4) is 0 Å². The number of hydrogen-bond donors (Lipinski definition) is 2. The average molecular weight is 394 g/mol. The molecule has 3 heterocycles. The van der Waals surface area contributed by atoms with Crippen molar-refractivity contribution in [1.82, 2.24) is 14.7 Å². The van der Waals surface area contributed by atoms with E-state index in [1.807, 2.05) is 26.0 Å². The molecule has 1 aliphatic carbocycles. The summed E-state index contributed by atoms with van der Waals surface area (Å²) >= 11 is 0. The molecule has 0 unspecified atom stereocenters. The quantitative estimate of drug-likeness (QED) is 0.651. The number of carbonyl (C=O) groups is 1. The standard InChI is InChI=1S/C22H27N5O2/c1-4-14(3)23-18-16(21(28)24-15-9-5-6-10-15)12-17-19(25-18)26-20-13(2)8-7-11-27(20)22(17)29/h7-8,11-12,14-15H,4-6,9-10H2,1-3H3,(H,23,25)(H,24,28)/p+1/t14-/m1/s1. The van der Waals surface area contributed by atoms with Gasteiger partial charge in [0.2, 0.25) is 11.5 Å². The van der Waals surface area contributed by atoms with Crippen LogP contribution in [-0.2, 0) is 0 Å². The van der Waals surface area contributed by atoms with E-state index in [4.69, 9.17) is 0 Å². The van der Waals surface area contributed by atoms with Crippen molar-refractivity contribution in [2.45, 2.75) is 65.0 Å². The first-order chi connectivity index (χ1) is 14.0. The van der Waals surface area contributed by atoms with Gasteiger partial charge in [-0.1, -0.05) is 24.7 Å². The zero-order valence-electron chi connectivity index (χ0n) is 17.2. The van der Waals surface area contributed by atoms with Crippen LogP contribution in [-0.4, -0.2) is 27.4 Å². The average Bonchev–Trinajstić information content (AvgIpc) is 3.21. The third-order valence-electron chi connectivity index (χ3n) is 5.83. The van der Waals surface area contributed by atoms with Crippen molar-refractivity contribution in [3.05, 3.63) is 45.9 Å². The van der Waals surface area contributed by atoms with Crippen molar-refractivity contribution < 1.29 is 9.78 Å². The number of aromatic nitrogens is 3. The first kappa shape index (κ1) is 19.4. The first-order valence-corrected chi connectivity index (χ1v) is 10.4. The van der Waals surface area contributed by atoms with Crippen molar-refractivity contribution in [2.24, 2.45) is 0 Å². The smallest absolute Gasteiger partial charge is 0.325 e. The third kappa shape index (κ3) is 3.69. The van der Waals surface area contributed by atoms with E-state index in [9.17, 15) is 9.59 Å². The number of aryl methyl sites for hydroxylation is 1. The van der Waals surface area contributed by atoms with E-state index in [-0.39, 0.29) is 23.6 Å². The molecule has 1 aliphatic rings. The molecule has 0 bridgehead atoms.